The van der Waals surface area contributed by atoms with E-state index in [4.69, 9.17) is 5.73 Å². The Morgan fingerprint density at radius 3 is 2.26 bits per heavy atom. The molecule has 0 heterocycles. The summed E-state index contributed by atoms with van der Waals surface area (Å²) in [5.74, 6) is 1.81. The second kappa shape index (κ2) is 7.64. The van der Waals surface area contributed by atoms with Gasteiger partial charge in [-0.3, -0.25) is 4.90 Å². The van der Waals surface area contributed by atoms with Gasteiger partial charge in [-0.05, 0) is 38.1 Å². The monoisotopic (exact) mass is 266 g/mol. The van der Waals surface area contributed by atoms with E-state index in [1.54, 1.807) is 0 Å². The normalized spacial score (nSPS) is 31.6. The number of nitrogens with two attached hydrogens (primary N) is 1. The molecular weight excluding hydrogens is 232 g/mol. The van der Waals surface area contributed by atoms with Crippen molar-refractivity contribution in [1.82, 2.24) is 4.90 Å². The standard InChI is InChI=1S/C17H34N2/c1-14-8-6-7-11-17(14)19(2)16(13-18)12-15-9-4-3-5-10-15/h14-17H,3-13,18H2,1-2H3. The van der Waals surface area contributed by atoms with Gasteiger partial charge in [0.05, 0.1) is 0 Å². The Hall–Kier alpha value is -0.0800. The molecule has 2 aliphatic carbocycles. The highest BCUT2D eigenvalue weighted by atomic mass is 15.2. The first kappa shape index (κ1) is 15.3. The Kier molecular flexibility index (Phi) is 6.15. The fourth-order valence-electron chi connectivity index (χ4n) is 4.41. The van der Waals surface area contributed by atoms with Crippen molar-refractivity contribution >= 4 is 0 Å². The first-order chi connectivity index (χ1) is 9.22. The van der Waals surface area contributed by atoms with Gasteiger partial charge in [0, 0.05) is 18.6 Å². The van der Waals surface area contributed by atoms with Crippen LogP contribution in [0.2, 0.25) is 0 Å². The summed E-state index contributed by atoms with van der Waals surface area (Å²) < 4.78 is 0. The van der Waals surface area contributed by atoms with Crippen LogP contribution in [0.1, 0.15) is 71.1 Å². The van der Waals surface area contributed by atoms with E-state index in [1.807, 2.05) is 0 Å². The minimum absolute atomic E-state index is 0.619. The molecule has 2 aliphatic rings. The van der Waals surface area contributed by atoms with Crippen LogP contribution in [0.5, 0.6) is 0 Å². The molecule has 0 aliphatic heterocycles. The Bertz CT molecular complexity index is 248. The van der Waals surface area contributed by atoms with Crippen LogP contribution in [0.4, 0.5) is 0 Å². The largest absolute Gasteiger partial charge is 0.329 e. The van der Waals surface area contributed by atoms with Crippen LogP contribution < -0.4 is 5.73 Å². The molecule has 2 rings (SSSR count). The van der Waals surface area contributed by atoms with E-state index < -0.39 is 0 Å². The summed E-state index contributed by atoms with van der Waals surface area (Å²) in [4.78, 5) is 2.65. The lowest BCUT2D eigenvalue weighted by Crippen LogP contribution is -2.48. The van der Waals surface area contributed by atoms with Gasteiger partial charge in [0.1, 0.15) is 0 Å². The molecule has 112 valence electrons. The minimum Gasteiger partial charge on any atom is -0.329 e. The van der Waals surface area contributed by atoms with E-state index in [9.17, 15) is 0 Å². The van der Waals surface area contributed by atoms with Crippen molar-refractivity contribution in [1.29, 1.82) is 0 Å². The topological polar surface area (TPSA) is 29.3 Å². The third-order valence-electron chi connectivity index (χ3n) is 5.77. The maximum atomic E-state index is 6.10. The average molecular weight is 266 g/mol. The third kappa shape index (κ3) is 4.19. The zero-order valence-corrected chi connectivity index (χ0v) is 13.1. The van der Waals surface area contributed by atoms with Gasteiger partial charge >= 0.3 is 0 Å². The highest BCUT2D eigenvalue weighted by Gasteiger charge is 2.30. The van der Waals surface area contributed by atoms with Gasteiger partial charge in [-0.15, -0.1) is 0 Å². The predicted octanol–water partition coefficient (Wildman–Crippen LogP) is 3.79. The lowest BCUT2D eigenvalue weighted by molar-refractivity contribution is 0.0827. The van der Waals surface area contributed by atoms with Crippen molar-refractivity contribution in [2.24, 2.45) is 17.6 Å². The van der Waals surface area contributed by atoms with Crippen LogP contribution in [0.15, 0.2) is 0 Å². The second-order valence-electron chi connectivity index (χ2n) is 7.12. The van der Waals surface area contributed by atoms with E-state index in [-0.39, 0.29) is 0 Å². The van der Waals surface area contributed by atoms with Gasteiger partial charge in [0.2, 0.25) is 0 Å². The molecule has 0 aromatic carbocycles. The molecule has 2 saturated carbocycles. The number of likely N-dealkylation sites (N-methyl/N-ethyl adjacent to an activating group) is 1. The lowest BCUT2D eigenvalue weighted by atomic mass is 9.81. The molecule has 0 aromatic rings. The van der Waals surface area contributed by atoms with E-state index in [0.29, 0.717) is 6.04 Å². The third-order valence-corrected chi connectivity index (χ3v) is 5.77. The number of rotatable bonds is 5. The molecule has 3 atom stereocenters. The molecular formula is C17H34N2. The summed E-state index contributed by atoms with van der Waals surface area (Å²) in [5.41, 5.74) is 6.10. The summed E-state index contributed by atoms with van der Waals surface area (Å²) >= 11 is 0. The minimum atomic E-state index is 0.619. The van der Waals surface area contributed by atoms with Crippen LogP contribution in [-0.2, 0) is 0 Å². The summed E-state index contributed by atoms with van der Waals surface area (Å²) in [6.45, 7) is 3.28. The molecule has 19 heavy (non-hydrogen) atoms. The van der Waals surface area contributed by atoms with Crippen molar-refractivity contribution < 1.29 is 0 Å². The first-order valence-electron chi connectivity index (χ1n) is 8.64. The molecule has 3 unspecified atom stereocenters. The molecule has 0 saturated heterocycles. The van der Waals surface area contributed by atoms with Gasteiger partial charge in [-0.2, -0.15) is 0 Å². The van der Waals surface area contributed by atoms with Crippen LogP contribution in [-0.4, -0.2) is 30.6 Å². The lowest BCUT2D eigenvalue weighted by Gasteiger charge is -2.42. The Balaban J connectivity index is 1.87. The zero-order valence-electron chi connectivity index (χ0n) is 13.1. The summed E-state index contributed by atoms with van der Waals surface area (Å²) in [7, 11) is 2.34. The number of hydrogen-bond donors (Lipinski definition) is 1. The molecule has 0 bridgehead atoms. The Morgan fingerprint density at radius 2 is 1.63 bits per heavy atom. The van der Waals surface area contributed by atoms with E-state index in [2.05, 4.69) is 18.9 Å². The molecule has 0 aromatic heterocycles. The van der Waals surface area contributed by atoms with Gasteiger partial charge in [0.25, 0.3) is 0 Å². The number of hydrogen-bond acceptors (Lipinski definition) is 2. The van der Waals surface area contributed by atoms with Crippen molar-refractivity contribution in [2.75, 3.05) is 13.6 Å². The number of nitrogens with zero attached hydrogens (tertiary/aromatic N) is 1. The van der Waals surface area contributed by atoms with Crippen molar-refractivity contribution in [3.8, 4) is 0 Å². The van der Waals surface area contributed by atoms with Gasteiger partial charge in [0.15, 0.2) is 0 Å². The van der Waals surface area contributed by atoms with Crippen LogP contribution >= 0.6 is 0 Å². The summed E-state index contributed by atoms with van der Waals surface area (Å²) in [6, 6.07) is 1.40. The van der Waals surface area contributed by atoms with Crippen molar-refractivity contribution in [3.63, 3.8) is 0 Å². The molecule has 0 spiro atoms. The van der Waals surface area contributed by atoms with Crippen molar-refractivity contribution in [2.45, 2.75) is 83.2 Å². The van der Waals surface area contributed by atoms with Crippen LogP contribution in [0, 0.1) is 11.8 Å². The molecule has 0 amide bonds. The second-order valence-corrected chi connectivity index (χ2v) is 7.12. The molecule has 2 heteroatoms. The molecule has 2 fully saturated rings. The summed E-state index contributed by atoms with van der Waals surface area (Å²) in [6.07, 6.45) is 14.2. The van der Waals surface area contributed by atoms with E-state index in [1.165, 1.54) is 64.2 Å². The van der Waals surface area contributed by atoms with Gasteiger partial charge in [-0.25, -0.2) is 0 Å². The smallest absolute Gasteiger partial charge is 0.0221 e. The van der Waals surface area contributed by atoms with Crippen LogP contribution in [0.3, 0.4) is 0 Å². The van der Waals surface area contributed by atoms with E-state index in [0.717, 1.165) is 24.4 Å². The maximum Gasteiger partial charge on any atom is 0.0221 e. The van der Waals surface area contributed by atoms with E-state index >= 15 is 0 Å². The van der Waals surface area contributed by atoms with Gasteiger partial charge in [-0.1, -0.05) is 51.9 Å². The Morgan fingerprint density at radius 1 is 1.00 bits per heavy atom. The molecule has 0 radical (unpaired) electrons. The maximum absolute atomic E-state index is 6.10. The fraction of sp³-hybridized carbons (Fsp3) is 1.00. The predicted molar refractivity (Wildman–Crippen MR) is 83.2 cm³/mol. The SMILES string of the molecule is CC1CCCCC1N(C)C(CN)CC1CCCCC1. The van der Waals surface area contributed by atoms with Crippen molar-refractivity contribution in [3.05, 3.63) is 0 Å². The Labute approximate surface area is 120 Å². The molecule has 2 N–H and O–H groups in total. The first-order valence-corrected chi connectivity index (χ1v) is 8.64. The fourth-order valence-corrected chi connectivity index (χ4v) is 4.41. The van der Waals surface area contributed by atoms with Gasteiger partial charge < -0.3 is 5.73 Å². The zero-order chi connectivity index (χ0) is 13.7. The quantitative estimate of drug-likeness (QED) is 0.820. The average Bonchev–Trinajstić information content (AvgIpc) is 2.46. The molecule has 2 nitrogen and oxygen atoms in total. The highest BCUT2D eigenvalue weighted by molar-refractivity contribution is 4.85. The van der Waals surface area contributed by atoms with Crippen LogP contribution in [0.25, 0.3) is 0 Å². The highest BCUT2D eigenvalue weighted by Crippen LogP contribution is 2.32. The summed E-state index contributed by atoms with van der Waals surface area (Å²) in [5, 5.41) is 0.